The Morgan fingerprint density at radius 3 is 2.95 bits per heavy atom. The maximum atomic E-state index is 11.6. The van der Waals surface area contributed by atoms with Crippen molar-refractivity contribution in [3.05, 3.63) is 0 Å². The van der Waals surface area contributed by atoms with Crippen LogP contribution < -0.4 is 16.0 Å². The van der Waals surface area contributed by atoms with Crippen molar-refractivity contribution in [2.24, 2.45) is 5.92 Å². The van der Waals surface area contributed by atoms with Crippen LogP contribution in [-0.2, 0) is 4.79 Å². The molecule has 0 spiro atoms. The van der Waals surface area contributed by atoms with E-state index in [1.807, 2.05) is 11.8 Å². The van der Waals surface area contributed by atoms with Gasteiger partial charge in [0.25, 0.3) is 0 Å². The Balaban J connectivity index is 1.57. The van der Waals surface area contributed by atoms with Crippen molar-refractivity contribution >= 4 is 23.7 Å². The van der Waals surface area contributed by atoms with Gasteiger partial charge in [0.15, 0.2) is 0 Å². The highest BCUT2D eigenvalue weighted by Crippen LogP contribution is 2.33. The van der Waals surface area contributed by atoms with Gasteiger partial charge >= 0.3 is 6.03 Å². The molecular weight excluding hydrogens is 274 g/mol. The summed E-state index contributed by atoms with van der Waals surface area (Å²) in [7, 11) is 0. The number of carbonyl (C=O) groups is 2. The highest BCUT2D eigenvalue weighted by molar-refractivity contribution is 8.00. The van der Waals surface area contributed by atoms with Gasteiger partial charge in [0.05, 0.1) is 12.1 Å². The van der Waals surface area contributed by atoms with Crippen LogP contribution in [0.25, 0.3) is 0 Å². The number of amides is 3. The third-order valence-electron chi connectivity index (χ3n) is 3.79. The maximum Gasteiger partial charge on any atom is 0.315 e. The maximum absolute atomic E-state index is 11.6. The van der Waals surface area contributed by atoms with Crippen molar-refractivity contribution in [3.8, 4) is 0 Å². The highest BCUT2D eigenvalue weighted by Gasteiger charge is 2.42. The van der Waals surface area contributed by atoms with Crippen LogP contribution in [0.15, 0.2) is 0 Å². The molecule has 2 heterocycles. The van der Waals surface area contributed by atoms with Crippen molar-refractivity contribution in [1.29, 1.82) is 0 Å². The summed E-state index contributed by atoms with van der Waals surface area (Å²) >= 11 is 1.93. The first-order valence-corrected chi connectivity index (χ1v) is 8.56. The number of carbonyl (C=O) groups excluding carboxylic acids is 2. The van der Waals surface area contributed by atoms with Crippen LogP contribution in [0, 0.1) is 5.92 Å². The van der Waals surface area contributed by atoms with Crippen LogP contribution in [0.2, 0.25) is 0 Å². The molecule has 2 saturated heterocycles. The summed E-state index contributed by atoms with van der Waals surface area (Å²) in [5.74, 6) is 1.67. The number of unbranched alkanes of at least 4 members (excludes halogenated alkanes) is 1. The van der Waals surface area contributed by atoms with Gasteiger partial charge in [-0.2, -0.15) is 11.8 Å². The van der Waals surface area contributed by atoms with Crippen LogP contribution >= 0.6 is 11.8 Å². The second kappa shape index (κ2) is 7.20. The molecule has 114 valence electrons. The molecule has 0 aromatic rings. The lowest BCUT2D eigenvalue weighted by Crippen LogP contribution is -2.36. The predicted octanol–water partition coefficient (Wildman–Crippen LogP) is 1.48. The first-order chi connectivity index (χ1) is 9.56. The molecular formula is C14H25N3O2S. The van der Waals surface area contributed by atoms with E-state index >= 15 is 0 Å². The number of fused-ring (bicyclic) bond motifs is 1. The van der Waals surface area contributed by atoms with Crippen LogP contribution in [0.5, 0.6) is 0 Å². The zero-order valence-corrected chi connectivity index (χ0v) is 13.1. The standard InChI is InChI=1S/C14H25N3O2S/c1-9(2)7-15-12(18)6-4-3-5-11-13-10(8-20-11)16-14(19)17-13/h9-11,13H,3-8H2,1-2H3,(H,15,18)(H2,16,17,19)/t10-,11?,13-/m0/s1. The second-order valence-corrected chi connectivity index (χ2v) is 7.34. The second-order valence-electron chi connectivity index (χ2n) is 6.07. The summed E-state index contributed by atoms with van der Waals surface area (Å²) < 4.78 is 0. The molecule has 0 aromatic carbocycles. The van der Waals surface area contributed by atoms with Crippen molar-refractivity contribution in [3.63, 3.8) is 0 Å². The summed E-state index contributed by atoms with van der Waals surface area (Å²) in [6.45, 7) is 4.95. The quantitative estimate of drug-likeness (QED) is 0.493. The molecule has 1 unspecified atom stereocenters. The molecule has 2 rings (SSSR count). The topological polar surface area (TPSA) is 70.2 Å². The summed E-state index contributed by atoms with van der Waals surface area (Å²) in [5.41, 5.74) is 0. The number of urea groups is 1. The summed E-state index contributed by atoms with van der Waals surface area (Å²) in [4.78, 5) is 22.8. The van der Waals surface area contributed by atoms with Crippen molar-refractivity contribution in [2.45, 2.75) is 56.9 Å². The lowest BCUT2D eigenvalue weighted by atomic mass is 10.0. The smallest absolute Gasteiger partial charge is 0.315 e. The van der Waals surface area contributed by atoms with E-state index in [1.165, 1.54) is 0 Å². The van der Waals surface area contributed by atoms with Crippen LogP contribution in [0.3, 0.4) is 0 Å². The Labute approximate surface area is 125 Å². The summed E-state index contributed by atoms with van der Waals surface area (Å²) in [5, 5.41) is 9.38. The molecule has 0 saturated carbocycles. The molecule has 0 aromatic heterocycles. The van der Waals surface area contributed by atoms with Crippen molar-refractivity contribution < 1.29 is 9.59 Å². The number of rotatable bonds is 7. The van der Waals surface area contributed by atoms with Crippen molar-refractivity contribution in [2.75, 3.05) is 12.3 Å². The number of hydrogen-bond acceptors (Lipinski definition) is 3. The molecule has 3 amide bonds. The molecule has 2 aliphatic rings. The van der Waals surface area contributed by atoms with E-state index in [9.17, 15) is 9.59 Å². The number of hydrogen-bond donors (Lipinski definition) is 3. The average molecular weight is 299 g/mol. The Bertz CT molecular complexity index is 362. The Hall–Kier alpha value is -0.910. The third kappa shape index (κ3) is 4.30. The minimum absolute atomic E-state index is 0.0293. The number of thioether (sulfide) groups is 1. The molecule has 0 bridgehead atoms. The third-order valence-corrected chi connectivity index (χ3v) is 5.30. The fourth-order valence-corrected chi connectivity index (χ4v) is 4.22. The van der Waals surface area contributed by atoms with Crippen LogP contribution in [0.1, 0.15) is 39.5 Å². The first kappa shape index (κ1) is 15.5. The first-order valence-electron chi connectivity index (χ1n) is 7.51. The van der Waals surface area contributed by atoms with Crippen LogP contribution in [-0.4, -0.2) is 41.6 Å². The van der Waals surface area contributed by atoms with Gasteiger partial charge in [-0.05, 0) is 18.8 Å². The van der Waals surface area contributed by atoms with E-state index in [4.69, 9.17) is 0 Å². The van der Waals surface area contributed by atoms with Gasteiger partial charge in [0.2, 0.25) is 5.91 Å². The highest BCUT2D eigenvalue weighted by atomic mass is 32.2. The van der Waals surface area contributed by atoms with Gasteiger partial charge < -0.3 is 16.0 Å². The average Bonchev–Trinajstić information content (AvgIpc) is 2.92. The van der Waals surface area contributed by atoms with Crippen molar-refractivity contribution in [1.82, 2.24) is 16.0 Å². The van der Waals surface area contributed by atoms with E-state index in [0.717, 1.165) is 31.6 Å². The summed E-state index contributed by atoms with van der Waals surface area (Å²) in [6, 6.07) is 0.549. The Morgan fingerprint density at radius 2 is 2.20 bits per heavy atom. The van der Waals surface area contributed by atoms with Crippen LogP contribution in [0.4, 0.5) is 4.79 Å². The molecule has 6 heteroatoms. The largest absolute Gasteiger partial charge is 0.356 e. The van der Waals surface area contributed by atoms with E-state index in [1.54, 1.807) is 0 Å². The zero-order chi connectivity index (χ0) is 14.5. The monoisotopic (exact) mass is 299 g/mol. The van der Waals surface area contributed by atoms with Gasteiger partial charge in [-0.15, -0.1) is 0 Å². The van der Waals surface area contributed by atoms with E-state index in [0.29, 0.717) is 23.6 Å². The number of nitrogens with one attached hydrogen (secondary N) is 3. The van der Waals surface area contributed by atoms with Gasteiger partial charge in [-0.25, -0.2) is 4.79 Å². The zero-order valence-electron chi connectivity index (χ0n) is 12.3. The minimum Gasteiger partial charge on any atom is -0.356 e. The Kier molecular flexibility index (Phi) is 5.57. The molecule has 2 aliphatic heterocycles. The fourth-order valence-electron chi connectivity index (χ4n) is 2.68. The molecule has 3 N–H and O–H groups in total. The molecule has 20 heavy (non-hydrogen) atoms. The van der Waals surface area contributed by atoms with E-state index in [-0.39, 0.29) is 18.0 Å². The van der Waals surface area contributed by atoms with E-state index in [2.05, 4.69) is 29.8 Å². The molecule has 2 fully saturated rings. The lowest BCUT2D eigenvalue weighted by Gasteiger charge is -2.16. The minimum atomic E-state index is -0.0293. The molecule has 0 radical (unpaired) electrons. The van der Waals surface area contributed by atoms with Gasteiger partial charge in [0, 0.05) is 24.0 Å². The Morgan fingerprint density at radius 1 is 1.40 bits per heavy atom. The fraction of sp³-hybridized carbons (Fsp3) is 0.857. The SMILES string of the molecule is CC(C)CNC(=O)CCCCC1SC[C@@H]2NC(=O)N[C@H]12. The lowest BCUT2D eigenvalue weighted by molar-refractivity contribution is -0.121. The van der Waals surface area contributed by atoms with Gasteiger partial charge in [-0.3, -0.25) is 4.79 Å². The molecule has 3 atom stereocenters. The molecule has 5 nitrogen and oxygen atoms in total. The predicted molar refractivity (Wildman–Crippen MR) is 81.8 cm³/mol. The van der Waals surface area contributed by atoms with Gasteiger partial charge in [-0.1, -0.05) is 20.3 Å². The van der Waals surface area contributed by atoms with E-state index < -0.39 is 0 Å². The normalized spacial score (nSPS) is 28.1. The summed E-state index contributed by atoms with van der Waals surface area (Å²) in [6.07, 6.45) is 3.67. The van der Waals surface area contributed by atoms with Gasteiger partial charge in [0.1, 0.15) is 0 Å². The molecule has 0 aliphatic carbocycles.